The van der Waals surface area contributed by atoms with Gasteiger partial charge in [0.05, 0.1) is 22.0 Å². The summed E-state index contributed by atoms with van der Waals surface area (Å²) in [6.07, 6.45) is 0. The molecule has 3 aromatic heterocycles. The Labute approximate surface area is 398 Å². The van der Waals surface area contributed by atoms with Gasteiger partial charge in [0, 0.05) is 50.3 Å². The topological polar surface area (TPSA) is 37.7 Å². The molecule has 5 heterocycles. The van der Waals surface area contributed by atoms with Gasteiger partial charge in [0.1, 0.15) is 16.7 Å². The van der Waals surface area contributed by atoms with E-state index in [1.807, 2.05) is 0 Å². The Morgan fingerprint density at radius 1 is 0.412 bits per heavy atom. The fourth-order valence-electron chi connectivity index (χ4n) is 11.3. The first-order valence-electron chi connectivity index (χ1n) is 24.1. The van der Waals surface area contributed by atoms with Gasteiger partial charge in [-0.1, -0.05) is 153 Å². The van der Waals surface area contributed by atoms with E-state index in [4.69, 9.17) is 8.83 Å². The van der Waals surface area contributed by atoms with Crippen LogP contribution in [0.2, 0.25) is 0 Å². The fraction of sp³-hybridized carbons (Fsp3) is 0.194. The van der Waals surface area contributed by atoms with E-state index in [0.717, 1.165) is 72.7 Å². The van der Waals surface area contributed by atoms with Gasteiger partial charge in [0.2, 0.25) is 5.71 Å². The molecule has 0 saturated heterocycles. The number of hydrogen-bond donors (Lipinski definition) is 0. The molecule has 11 aromatic rings. The molecular weight excluding hydrogens is 830 g/mol. The summed E-state index contributed by atoms with van der Waals surface area (Å²) in [5.74, 6) is 0. The molecule has 2 aliphatic rings. The summed E-state index contributed by atoms with van der Waals surface area (Å²) in [7, 11) is 0. The van der Waals surface area contributed by atoms with Gasteiger partial charge in [-0.05, 0) is 122 Å². The molecule has 0 unspecified atom stereocenters. The van der Waals surface area contributed by atoms with Crippen LogP contribution in [0, 0.1) is 0 Å². The maximum absolute atomic E-state index is 6.94. The van der Waals surface area contributed by atoms with E-state index >= 15 is 0 Å². The third-order valence-corrected chi connectivity index (χ3v) is 14.9. The number of hydrogen-bond acceptors (Lipinski definition) is 4. The molecule has 13 rings (SSSR count). The lowest BCUT2D eigenvalue weighted by Crippen LogP contribution is -2.60. The van der Waals surface area contributed by atoms with Crippen molar-refractivity contribution in [3.8, 4) is 5.69 Å². The van der Waals surface area contributed by atoms with Crippen molar-refractivity contribution in [2.24, 2.45) is 0 Å². The lowest BCUT2D eigenvalue weighted by Gasteiger charge is -2.42. The molecule has 0 spiro atoms. The Bertz CT molecular complexity index is 3810. The highest BCUT2D eigenvalue weighted by Gasteiger charge is 2.44. The van der Waals surface area contributed by atoms with E-state index in [2.05, 4.69) is 240 Å². The van der Waals surface area contributed by atoms with Gasteiger partial charge < -0.3 is 18.6 Å². The van der Waals surface area contributed by atoms with Crippen LogP contribution in [0.5, 0.6) is 0 Å². The van der Waals surface area contributed by atoms with Gasteiger partial charge >= 0.3 is 0 Å². The minimum atomic E-state index is -0.172. The zero-order chi connectivity index (χ0) is 46.6. The summed E-state index contributed by atoms with van der Waals surface area (Å²) in [4.78, 5) is 4.99. The highest BCUT2D eigenvalue weighted by molar-refractivity contribution is 7.00. The maximum Gasteiger partial charge on any atom is 0.252 e. The average molecular weight is 884 g/mol. The van der Waals surface area contributed by atoms with Gasteiger partial charge in [-0.15, -0.1) is 0 Å². The van der Waals surface area contributed by atoms with Crippen molar-refractivity contribution in [2.75, 3.05) is 9.80 Å². The van der Waals surface area contributed by atoms with Crippen LogP contribution in [-0.2, 0) is 16.2 Å². The van der Waals surface area contributed by atoms with Crippen LogP contribution in [0.3, 0.4) is 0 Å². The second-order valence-electron chi connectivity index (χ2n) is 22.2. The molecule has 0 fully saturated rings. The van der Waals surface area contributed by atoms with Crippen LogP contribution in [0.25, 0.3) is 60.6 Å². The standard InChI is InChI=1S/C62H54BN3O2/c1-60(2,3)37-24-28-40(29-25-37)64(41-30-26-38(27-31-41)61(4,5)6)42-32-33-46-49(36-42)65(48-20-15-23-54-56(48)44-17-11-12-21-52(44)67-54)50-34-39(62(7,8)9)35-51-57(50)63(46)47-19-14-18-45-55-43-16-10-13-22-53(43)68-59(55)66(51)58(45)47/h10-36H,1-9H3. The van der Waals surface area contributed by atoms with Crippen molar-refractivity contribution in [3.63, 3.8) is 0 Å². The summed E-state index contributed by atoms with van der Waals surface area (Å²) in [5, 5.41) is 5.72. The number of anilines is 6. The molecule has 68 heavy (non-hydrogen) atoms. The predicted octanol–water partition coefficient (Wildman–Crippen LogP) is 15.4. The Morgan fingerprint density at radius 3 is 1.60 bits per heavy atom. The summed E-state index contributed by atoms with van der Waals surface area (Å²) in [6, 6.07) is 60.9. The van der Waals surface area contributed by atoms with Gasteiger partial charge in [-0.2, -0.15) is 0 Å². The van der Waals surface area contributed by atoms with Crippen molar-refractivity contribution < 1.29 is 8.83 Å². The molecule has 0 bridgehead atoms. The number of fused-ring (bicyclic) bond motifs is 12. The molecule has 0 amide bonds. The third kappa shape index (κ3) is 5.89. The molecule has 6 heteroatoms. The van der Waals surface area contributed by atoms with E-state index in [0.29, 0.717) is 0 Å². The summed E-state index contributed by atoms with van der Waals surface area (Å²) >= 11 is 0. The zero-order valence-electron chi connectivity index (χ0n) is 40.3. The highest BCUT2D eigenvalue weighted by atomic mass is 16.3. The molecule has 0 aliphatic carbocycles. The van der Waals surface area contributed by atoms with Crippen LogP contribution >= 0.6 is 0 Å². The van der Waals surface area contributed by atoms with Crippen LogP contribution in [-0.4, -0.2) is 11.3 Å². The third-order valence-electron chi connectivity index (χ3n) is 14.9. The van der Waals surface area contributed by atoms with Crippen LogP contribution in [0.4, 0.5) is 34.1 Å². The van der Waals surface area contributed by atoms with Crippen molar-refractivity contribution in [1.82, 2.24) is 4.57 Å². The minimum Gasteiger partial charge on any atom is -0.456 e. The first-order valence-corrected chi connectivity index (χ1v) is 24.1. The second-order valence-corrected chi connectivity index (χ2v) is 22.2. The fourth-order valence-corrected chi connectivity index (χ4v) is 11.3. The number of nitrogens with zero attached hydrogens (tertiary/aromatic N) is 3. The average Bonchev–Trinajstić information content (AvgIpc) is 3.99. The van der Waals surface area contributed by atoms with Crippen LogP contribution in [0.15, 0.2) is 173 Å². The summed E-state index contributed by atoms with van der Waals surface area (Å²) < 4.78 is 16.0. The van der Waals surface area contributed by atoms with Gasteiger partial charge in [-0.25, -0.2) is 0 Å². The van der Waals surface area contributed by atoms with Gasteiger partial charge in [-0.3, -0.25) is 4.57 Å². The number of rotatable bonds is 4. The quantitative estimate of drug-likeness (QED) is 0.165. The predicted molar refractivity (Wildman–Crippen MR) is 288 cm³/mol. The number of para-hydroxylation sites is 3. The Balaban J connectivity index is 1.15. The van der Waals surface area contributed by atoms with Crippen molar-refractivity contribution in [2.45, 2.75) is 78.6 Å². The van der Waals surface area contributed by atoms with E-state index < -0.39 is 0 Å². The molecule has 2 aliphatic heterocycles. The monoisotopic (exact) mass is 883 g/mol. The van der Waals surface area contributed by atoms with E-state index in [1.165, 1.54) is 55.1 Å². The van der Waals surface area contributed by atoms with Crippen LogP contribution in [0.1, 0.15) is 79.0 Å². The first-order chi connectivity index (χ1) is 32.6. The number of aromatic nitrogens is 1. The lowest BCUT2D eigenvalue weighted by molar-refractivity contribution is 0.589. The first kappa shape index (κ1) is 40.8. The molecule has 0 atom stereocenters. The van der Waals surface area contributed by atoms with Crippen LogP contribution < -0.4 is 26.2 Å². The smallest absolute Gasteiger partial charge is 0.252 e. The molecule has 0 radical (unpaired) electrons. The summed E-state index contributed by atoms with van der Waals surface area (Å²) in [6.45, 7) is 20.6. The zero-order valence-corrected chi connectivity index (χ0v) is 40.3. The minimum absolute atomic E-state index is 0.0266. The van der Waals surface area contributed by atoms with Crippen molar-refractivity contribution in [3.05, 3.63) is 180 Å². The normalized spacial score (nSPS) is 13.6. The Hall–Kier alpha value is -7.44. The SMILES string of the molecule is CC(C)(C)c1ccc(N(c2ccc(C(C)(C)C)cc2)c2ccc3c(c2)N(c2cccc4oc5ccccc5c24)c2cc(C(C)(C)C)cc4c2B3c2cccc3c5c6ccccc6oc5n-4c23)cc1. The Morgan fingerprint density at radius 2 is 0.956 bits per heavy atom. The Kier molecular flexibility index (Phi) is 8.43. The van der Waals surface area contributed by atoms with Gasteiger partial charge in [0.15, 0.2) is 0 Å². The number of benzene rings is 8. The lowest BCUT2D eigenvalue weighted by atomic mass is 9.33. The van der Waals surface area contributed by atoms with Gasteiger partial charge in [0.25, 0.3) is 6.71 Å². The molecule has 332 valence electrons. The highest BCUT2D eigenvalue weighted by Crippen LogP contribution is 2.49. The molecule has 0 saturated carbocycles. The molecule has 8 aromatic carbocycles. The number of furan rings is 2. The maximum atomic E-state index is 6.94. The largest absolute Gasteiger partial charge is 0.456 e. The molecular formula is C62H54BN3O2. The van der Waals surface area contributed by atoms with E-state index in [1.54, 1.807) is 0 Å². The van der Waals surface area contributed by atoms with E-state index in [-0.39, 0.29) is 23.0 Å². The van der Waals surface area contributed by atoms with Crippen molar-refractivity contribution in [1.29, 1.82) is 0 Å². The van der Waals surface area contributed by atoms with E-state index in [9.17, 15) is 0 Å². The second kappa shape index (κ2) is 14.1. The summed E-state index contributed by atoms with van der Waals surface area (Å²) in [5.41, 5.74) is 20.2. The molecule has 0 N–H and O–H groups in total. The molecule has 5 nitrogen and oxygen atoms in total. The van der Waals surface area contributed by atoms with Crippen molar-refractivity contribution >= 4 is 112 Å².